The van der Waals surface area contributed by atoms with Crippen molar-refractivity contribution >= 4 is 29.8 Å². The third-order valence-electron chi connectivity index (χ3n) is 5.27. The van der Waals surface area contributed by atoms with Crippen molar-refractivity contribution in [3.05, 3.63) is 61.0 Å². The summed E-state index contributed by atoms with van der Waals surface area (Å²) in [6.07, 6.45) is 19.9. The van der Waals surface area contributed by atoms with E-state index in [1.54, 1.807) is 18.1 Å². The SMILES string of the molecule is C=CC/C(=C\C=C/CC)CC(=N/c1ccnn1C(CCC)CCCC)/N=C/NC(=C)CSCCN. The van der Waals surface area contributed by atoms with Crippen LogP contribution in [-0.2, 0) is 0 Å². The fourth-order valence-electron chi connectivity index (χ4n) is 3.53. The quantitative estimate of drug-likeness (QED) is 0.0699. The van der Waals surface area contributed by atoms with Crippen molar-refractivity contribution in [3.8, 4) is 0 Å². The number of hydrogen-bond donors (Lipinski definition) is 2. The van der Waals surface area contributed by atoms with Gasteiger partial charge in [-0.25, -0.2) is 14.7 Å². The Morgan fingerprint density at radius 3 is 2.80 bits per heavy atom. The summed E-state index contributed by atoms with van der Waals surface area (Å²) in [5, 5.41) is 7.83. The molecule has 3 N–H and O–H groups in total. The van der Waals surface area contributed by atoms with Gasteiger partial charge in [0.2, 0.25) is 0 Å². The molecule has 0 fully saturated rings. The van der Waals surface area contributed by atoms with E-state index in [9.17, 15) is 0 Å². The smallest absolute Gasteiger partial charge is 0.152 e. The van der Waals surface area contributed by atoms with Gasteiger partial charge in [0, 0.05) is 36.2 Å². The van der Waals surface area contributed by atoms with Crippen LogP contribution in [0.25, 0.3) is 0 Å². The number of allylic oxidation sites excluding steroid dienone is 4. The molecule has 1 heterocycles. The molecule has 1 atom stereocenters. The van der Waals surface area contributed by atoms with Gasteiger partial charge in [0.05, 0.1) is 18.6 Å². The molecule has 194 valence electrons. The summed E-state index contributed by atoms with van der Waals surface area (Å²) in [4.78, 5) is 9.69. The van der Waals surface area contributed by atoms with Crippen molar-refractivity contribution in [3.63, 3.8) is 0 Å². The number of hydrogen-bond acceptors (Lipinski definition) is 4. The molecule has 0 aliphatic heterocycles. The Bertz CT molecular complexity index is 849. The molecule has 0 aromatic carbocycles. The number of nitrogens with one attached hydrogen (secondary N) is 1. The Labute approximate surface area is 217 Å². The molecule has 0 spiro atoms. The molecule has 0 amide bonds. The molecular formula is C28H46N6S. The van der Waals surface area contributed by atoms with E-state index in [1.807, 2.05) is 18.3 Å². The summed E-state index contributed by atoms with van der Waals surface area (Å²) in [7, 11) is 0. The number of nitrogens with two attached hydrogens (primary N) is 1. The molecule has 1 unspecified atom stereocenters. The van der Waals surface area contributed by atoms with Gasteiger partial charge in [-0.3, -0.25) is 0 Å². The molecule has 1 aromatic rings. The molecular weight excluding hydrogens is 452 g/mol. The van der Waals surface area contributed by atoms with Crippen LogP contribution >= 0.6 is 11.8 Å². The summed E-state index contributed by atoms with van der Waals surface area (Å²) in [5.41, 5.74) is 7.68. The molecule has 0 aliphatic rings. The van der Waals surface area contributed by atoms with E-state index in [0.29, 0.717) is 19.0 Å². The van der Waals surface area contributed by atoms with E-state index in [1.165, 1.54) is 18.4 Å². The molecule has 7 heteroatoms. The van der Waals surface area contributed by atoms with Gasteiger partial charge in [-0.05, 0) is 25.7 Å². The van der Waals surface area contributed by atoms with Crippen molar-refractivity contribution in [1.82, 2.24) is 15.1 Å². The van der Waals surface area contributed by atoms with Crippen molar-refractivity contribution in [2.45, 2.75) is 78.2 Å². The molecule has 1 aromatic heterocycles. The highest BCUT2D eigenvalue weighted by Gasteiger charge is 2.14. The second-order valence-corrected chi connectivity index (χ2v) is 9.53. The molecule has 0 saturated carbocycles. The lowest BCUT2D eigenvalue weighted by Crippen LogP contribution is -2.14. The van der Waals surface area contributed by atoms with Crippen LogP contribution in [0.3, 0.4) is 0 Å². The Kier molecular flexibility index (Phi) is 17.4. The zero-order valence-electron chi connectivity index (χ0n) is 22.1. The van der Waals surface area contributed by atoms with Crippen LogP contribution in [0.5, 0.6) is 0 Å². The summed E-state index contributed by atoms with van der Waals surface area (Å²) < 4.78 is 2.08. The van der Waals surface area contributed by atoms with Crippen LogP contribution in [0.1, 0.15) is 78.2 Å². The molecule has 6 nitrogen and oxygen atoms in total. The Balaban J connectivity index is 3.21. The van der Waals surface area contributed by atoms with E-state index < -0.39 is 0 Å². The molecule has 1 rings (SSSR count). The van der Waals surface area contributed by atoms with Gasteiger partial charge in [-0.1, -0.05) is 76.5 Å². The lowest BCUT2D eigenvalue weighted by atomic mass is 10.1. The first kappa shape index (κ1) is 30.7. The summed E-state index contributed by atoms with van der Waals surface area (Å²) in [5.74, 6) is 3.28. The number of nitrogens with zero attached hydrogens (tertiary/aromatic N) is 4. The molecule has 0 radical (unpaired) electrons. The molecule has 0 bridgehead atoms. The molecule has 35 heavy (non-hydrogen) atoms. The third kappa shape index (κ3) is 13.3. The third-order valence-corrected chi connectivity index (χ3v) is 6.34. The first-order valence-electron chi connectivity index (χ1n) is 12.9. The van der Waals surface area contributed by atoms with Crippen molar-refractivity contribution in [2.75, 3.05) is 18.1 Å². The first-order valence-corrected chi connectivity index (χ1v) is 14.1. The van der Waals surface area contributed by atoms with Crippen LogP contribution in [-0.4, -0.2) is 40.0 Å². The first-order chi connectivity index (χ1) is 17.1. The van der Waals surface area contributed by atoms with E-state index in [4.69, 9.17) is 15.7 Å². The maximum Gasteiger partial charge on any atom is 0.152 e. The predicted molar refractivity (Wildman–Crippen MR) is 157 cm³/mol. The topological polar surface area (TPSA) is 80.6 Å². The van der Waals surface area contributed by atoms with Crippen LogP contribution in [0, 0.1) is 0 Å². The number of aliphatic imine (C=N–C) groups is 2. The number of thioether (sulfide) groups is 1. The highest BCUT2D eigenvalue weighted by atomic mass is 32.2. The minimum Gasteiger partial charge on any atom is -0.350 e. The second kappa shape index (κ2) is 19.9. The van der Waals surface area contributed by atoms with Gasteiger partial charge in [0.1, 0.15) is 5.84 Å². The number of unbranched alkanes of at least 4 members (excludes halogenated alkanes) is 1. The summed E-state index contributed by atoms with van der Waals surface area (Å²) in [6, 6.07) is 2.33. The van der Waals surface area contributed by atoms with E-state index in [0.717, 1.165) is 61.0 Å². The second-order valence-electron chi connectivity index (χ2n) is 8.42. The Morgan fingerprint density at radius 2 is 2.11 bits per heavy atom. The van der Waals surface area contributed by atoms with Gasteiger partial charge >= 0.3 is 0 Å². The highest BCUT2D eigenvalue weighted by Crippen LogP contribution is 2.26. The van der Waals surface area contributed by atoms with E-state index >= 15 is 0 Å². The lowest BCUT2D eigenvalue weighted by molar-refractivity contribution is 0.387. The average molecular weight is 499 g/mol. The van der Waals surface area contributed by atoms with Crippen molar-refractivity contribution in [1.29, 1.82) is 0 Å². The monoisotopic (exact) mass is 498 g/mol. The average Bonchev–Trinajstić information content (AvgIpc) is 3.30. The number of rotatable bonds is 19. The molecule has 0 saturated heterocycles. The highest BCUT2D eigenvalue weighted by molar-refractivity contribution is 7.99. The molecule has 0 aliphatic carbocycles. The zero-order chi connectivity index (χ0) is 25.7. The minimum absolute atomic E-state index is 0.354. The van der Waals surface area contributed by atoms with Crippen LogP contribution in [0.15, 0.2) is 71.0 Å². The lowest BCUT2D eigenvalue weighted by Gasteiger charge is -2.18. The number of aromatic nitrogens is 2. The minimum atomic E-state index is 0.354. The standard InChI is InChI=1S/C28H46N6S/c1-6-10-12-15-25(13-8-3)21-27(31-23-30-24(5)22-35-20-18-29)33-28-17-19-32-34(28)26(14-9-4)16-11-7-2/h8,10,12,15,17,19,23,26H,3,5-7,9,11,13-14,16,18,20-22,29H2,1-2,4H3,(H,30,31,33)/b12-10-,25-15+. The van der Waals surface area contributed by atoms with Crippen LogP contribution < -0.4 is 11.1 Å². The van der Waals surface area contributed by atoms with Gasteiger partial charge in [-0.15, -0.1) is 6.58 Å². The predicted octanol–water partition coefficient (Wildman–Crippen LogP) is 7.13. The Morgan fingerprint density at radius 1 is 1.29 bits per heavy atom. The zero-order valence-corrected chi connectivity index (χ0v) is 22.9. The van der Waals surface area contributed by atoms with Crippen molar-refractivity contribution in [2.24, 2.45) is 15.7 Å². The van der Waals surface area contributed by atoms with Gasteiger partial charge in [0.25, 0.3) is 0 Å². The normalized spacial score (nSPS) is 13.6. The maximum absolute atomic E-state index is 5.58. The summed E-state index contributed by atoms with van der Waals surface area (Å²) >= 11 is 1.75. The fraction of sp³-hybridized carbons (Fsp3) is 0.536. The maximum atomic E-state index is 5.58. The van der Waals surface area contributed by atoms with Gasteiger partial charge < -0.3 is 11.1 Å². The Hall–Kier alpha value is -2.38. The van der Waals surface area contributed by atoms with Gasteiger partial charge in [0.15, 0.2) is 5.82 Å². The number of amidine groups is 1. The van der Waals surface area contributed by atoms with E-state index in [-0.39, 0.29) is 0 Å². The van der Waals surface area contributed by atoms with Gasteiger partial charge in [-0.2, -0.15) is 16.9 Å². The van der Waals surface area contributed by atoms with Crippen molar-refractivity contribution < 1.29 is 0 Å². The largest absolute Gasteiger partial charge is 0.350 e. The van der Waals surface area contributed by atoms with E-state index in [2.05, 4.69) is 67.3 Å². The van der Waals surface area contributed by atoms with Crippen LogP contribution in [0.4, 0.5) is 5.82 Å². The fourth-order valence-corrected chi connectivity index (χ4v) is 4.17. The summed E-state index contributed by atoms with van der Waals surface area (Å²) in [6.45, 7) is 15.2. The van der Waals surface area contributed by atoms with Crippen LogP contribution in [0.2, 0.25) is 0 Å².